The van der Waals surface area contributed by atoms with Gasteiger partial charge in [0.05, 0.1) is 6.17 Å². The summed E-state index contributed by atoms with van der Waals surface area (Å²) in [6.45, 7) is 1.46. The smallest absolute Gasteiger partial charge is 0.234 e. The Morgan fingerprint density at radius 2 is 1.88 bits per heavy atom. The average molecular weight is 371 g/mol. The summed E-state index contributed by atoms with van der Waals surface area (Å²) in [6.07, 6.45) is 2.93. The van der Waals surface area contributed by atoms with Crippen LogP contribution in [-0.4, -0.2) is 55.4 Å². The molecule has 0 aromatic rings. The van der Waals surface area contributed by atoms with Gasteiger partial charge in [-0.15, -0.1) is 0 Å². The second-order valence-corrected chi connectivity index (χ2v) is 8.37. The zero-order chi connectivity index (χ0) is 18.7. The maximum Gasteiger partial charge on any atom is 0.234 e. The first-order chi connectivity index (χ1) is 12.4. The van der Waals surface area contributed by atoms with E-state index >= 15 is 0 Å². The van der Waals surface area contributed by atoms with Crippen LogP contribution in [0.5, 0.6) is 0 Å². The van der Waals surface area contributed by atoms with Gasteiger partial charge in [0.15, 0.2) is 0 Å². The highest BCUT2D eigenvalue weighted by molar-refractivity contribution is 6.00. The molecule has 0 bridgehead atoms. The minimum Gasteiger partial charge on any atom is -0.345 e. The number of amides is 2. The fourth-order valence-electron chi connectivity index (χ4n) is 4.74. The first-order valence-corrected chi connectivity index (χ1v) is 9.99. The molecular weight excluding hydrogens is 340 g/mol. The summed E-state index contributed by atoms with van der Waals surface area (Å²) in [5.74, 6) is -0.333. The Morgan fingerprint density at radius 3 is 2.54 bits per heavy atom. The minimum atomic E-state index is -1.00. The number of nitrogens with zero attached hydrogens (tertiary/aromatic N) is 1. The van der Waals surface area contributed by atoms with Crippen LogP contribution in [-0.2, 0) is 9.59 Å². The number of rotatable bonds is 4. The summed E-state index contributed by atoms with van der Waals surface area (Å²) in [4.78, 5) is 26.2. The number of hydrogen-bond acceptors (Lipinski definition) is 3. The van der Waals surface area contributed by atoms with Gasteiger partial charge in [-0.3, -0.25) is 14.9 Å². The van der Waals surface area contributed by atoms with E-state index in [9.17, 15) is 18.4 Å². The molecule has 2 saturated heterocycles. The molecule has 1 saturated carbocycles. The topological polar surface area (TPSA) is 61.4 Å². The standard InChI is InChI=1S/C19H31F2N3O2/c1-24-6-2-3-16(19(24)26)18(25)23-17-5-4-12(11-22-17)7-13-8-14(20)10-15(21)9-13/h12-17,22H,2-11H2,1H3,(H,23,25). The van der Waals surface area contributed by atoms with Gasteiger partial charge in [-0.25, -0.2) is 8.78 Å². The Morgan fingerprint density at radius 1 is 1.15 bits per heavy atom. The molecule has 2 aliphatic heterocycles. The third kappa shape index (κ3) is 4.93. The van der Waals surface area contributed by atoms with Crippen LogP contribution in [0.2, 0.25) is 0 Å². The zero-order valence-electron chi connectivity index (χ0n) is 15.6. The number of piperidine rings is 2. The van der Waals surface area contributed by atoms with E-state index in [0.717, 1.165) is 32.2 Å². The van der Waals surface area contributed by atoms with Crippen molar-refractivity contribution in [1.82, 2.24) is 15.5 Å². The van der Waals surface area contributed by atoms with Crippen molar-refractivity contribution in [3.63, 3.8) is 0 Å². The van der Waals surface area contributed by atoms with Gasteiger partial charge >= 0.3 is 0 Å². The molecule has 148 valence electrons. The SMILES string of the molecule is CN1CCCC(C(=O)NC2CCC(CC3CC(F)CC(F)C3)CN2)C1=O. The van der Waals surface area contributed by atoms with E-state index < -0.39 is 18.3 Å². The molecule has 7 heteroatoms. The number of carbonyl (C=O) groups is 2. The molecule has 0 aromatic carbocycles. The lowest BCUT2D eigenvalue weighted by atomic mass is 9.79. The van der Waals surface area contributed by atoms with E-state index in [0.29, 0.717) is 31.7 Å². The van der Waals surface area contributed by atoms with Crippen LogP contribution in [0.3, 0.4) is 0 Å². The van der Waals surface area contributed by atoms with Crippen molar-refractivity contribution in [3.8, 4) is 0 Å². The number of carbonyl (C=O) groups excluding carboxylic acids is 2. The molecular formula is C19H31F2N3O2. The Hall–Kier alpha value is -1.24. The van der Waals surface area contributed by atoms with Gasteiger partial charge in [0.1, 0.15) is 18.3 Å². The van der Waals surface area contributed by atoms with Crippen molar-refractivity contribution in [2.24, 2.45) is 17.8 Å². The summed E-state index contributed by atoms with van der Waals surface area (Å²) in [7, 11) is 1.74. The Kier molecular flexibility index (Phi) is 6.48. The van der Waals surface area contributed by atoms with Crippen molar-refractivity contribution >= 4 is 11.8 Å². The van der Waals surface area contributed by atoms with Gasteiger partial charge < -0.3 is 10.2 Å². The third-order valence-corrected chi connectivity index (χ3v) is 6.17. The summed E-state index contributed by atoms with van der Waals surface area (Å²) in [5.41, 5.74) is 0. The van der Waals surface area contributed by atoms with Gasteiger partial charge in [-0.1, -0.05) is 0 Å². The van der Waals surface area contributed by atoms with Crippen LogP contribution in [0.4, 0.5) is 8.78 Å². The highest BCUT2D eigenvalue weighted by atomic mass is 19.1. The molecule has 3 fully saturated rings. The van der Waals surface area contributed by atoms with Gasteiger partial charge in [0.2, 0.25) is 11.8 Å². The minimum absolute atomic E-state index is 0.0581. The highest BCUT2D eigenvalue weighted by Gasteiger charge is 2.35. The van der Waals surface area contributed by atoms with E-state index in [1.54, 1.807) is 11.9 Å². The van der Waals surface area contributed by atoms with Gasteiger partial charge in [-0.05, 0) is 63.3 Å². The molecule has 26 heavy (non-hydrogen) atoms. The van der Waals surface area contributed by atoms with E-state index in [-0.39, 0.29) is 30.3 Å². The van der Waals surface area contributed by atoms with E-state index in [2.05, 4.69) is 10.6 Å². The molecule has 3 rings (SSSR count). The second-order valence-electron chi connectivity index (χ2n) is 8.37. The van der Waals surface area contributed by atoms with Crippen LogP contribution in [0.25, 0.3) is 0 Å². The van der Waals surface area contributed by atoms with E-state index in [1.807, 2.05) is 0 Å². The summed E-state index contributed by atoms with van der Waals surface area (Å²) >= 11 is 0. The number of nitrogens with one attached hydrogen (secondary N) is 2. The molecule has 0 spiro atoms. The van der Waals surface area contributed by atoms with Crippen LogP contribution in [0.15, 0.2) is 0 Å². The van der Waals surface area contributed by atoms with Crippen molar-refractivity contribution in [2.75, 3.05) is 20.1 Å². The zero-order valence-corrected chi connectivity index (χ0v) is 15.6. The lowest BCUT2D eigenvalue weighted by Crippen LogP contribution is -2.54. The predicted octanol–water partition coefficient (Wildman–Crippen LogP) is 2.16. The van der Waals surface area contributed by atoms with Crippen molar-refractivity contribution in [3.05, 3.63) is 0 Å². The first kappa shape index (κ1) is 19.5. The third-order valence-electron chi connectivity index (χ3n) is 6.17. The molecule has 2 N–H and O–H groups in total. The average Bonchev–Trinajstić information content (AvgIpc) is 2.58. The fourth-order valence-corrected chi connectivity index (χ4v) is 4.74. The molecule has 5 unspecified atom stereocenters. The number of hydrogen-bond donors (Lipinski definition) is 2. The predicted molar refractivity (Wildman–Crippen MR) is 94.8 cm³/mol. The van der Waals surface area contributed by atoms with Gasteiger partial charge in [0.25, 0.3) is 0 Å². The number of likely N-dealkylation sites (tertiary alicyclic amines) is 1. The molecule has 5 nitrogen and oxygen atoms in total. The van der Waals surface area contributed by atoms with Crippen LogP contribution >= 0.6 is 0 Å². The maximum absolute atomic E-state index is 13.5. The summed E-state index contributed by atoms with van der Waals surface area (Å²) in [5, 5.41) is 6.29. The number of alkyl halides is 2. The van der Waals surface area contributed by atoms with Crippen LogP contribution in [0, 0.1) is 17.8 Å². The lowest BCUT2D eigenvalue weighted by Gasteiger charge is -2.35. The largest absolute Gasteiger partial charge is 0.345 e. The summed E-state index contributed by atoms with van der Waals surface area (Å²) < 4.78 is 27.1. The van der Waals surface area contributed by atoms with Crippen LogP contribution in [0.1, 0.15) is 51.4 Å². The molecule has 3 aliphatic rings. The quantitative estimate of drug-likeness (QED) is 0.745. The normalized spacial score (nSPS) is 38.9. The lowest BCUT2D eigenvalue weighted by molar-refractivity contribution is -0.144. The molecule has 1 aliphatic carbocycles. The first-order valence-electron chi connectivity index (χ1n) is 9.99. The fraction of sp³-hybridized carbons (Fsp3) is 0.895. The van der Waals surface area contributed by atoms with Crippen molar-refractivity contribution in [1.29, 1.82) is 0 Å². The Labute approximate surface area is 154 Å². The number of halogens is 2. The van der Waals surface area contributed by atoms with Crippen molar-refractivity contribution < 1.29 is 18.4 Å². The Balaban J connectivity index is 1.41. The molecule has 0 aromatic heterocycles. The van der Waals surface area contributed by atoms with Gasteiger partial charge in [-0.2, -0.15) is 0 Å². The van der Waals surface area contributed by atoms with E-state index in [4.69, 9.17) is 0 Å². The molecule has 2 heterocycles. The molecule has 2 amide bonds. The highest BCUT2D eigenvalue weighted by Crippen LogP contribution is 2.34. The maximum atomic E-state index is 13.5. The Bertz CT molecular complexity index is 501. The van der Waals surface area contributed by atoms with Crippen LogP contribution < -0.4 is 10.6 Å². The molecule has 0 radical (unpaired) electrons. The van der Waals surface area contributed by atoms with Crippen molar-refractivity contribution in [2.45, 2.75) is 69.9 Å². The monoisotopic (exact) mass is 371 g/mol. The second kappa shape index (κ2) is 8.63. The molecule has 5 atom stereocenters. The van der Waals surface area contributed by atoms with Gasteiger partial charge in [0, 0.05) is 20.0 Å². The summed E-state index contributed by atoms with van der Waals surface area (Å²) in [6, 6.07) is 0. The van der Waals surface area contributed by atoms with E-state index in [1.165, 1.54) is 0 Å².